The number of rotatable bonds is 4. The minimum atomic E-state index is -0.957. The van der Waals surface area contributed by atoms with Crippen molar-refractivity contribution in [3.8, 4) is 5.69 Å². The van der Waals surface area contributed by atoms with Gasteiger partial charge in [-0.05, 0) is 57.1 Å². The predicted molar refractivity (Wildman–Crippen MR) is 96.4 cm³/mol. The van der Waals surface area contributed by atoms with E-state index < -0.39 is 17.6 Å². The number of benzene rings is 1. The number of aliphatic carboxylic acids is 1. The SMILES string of the molecule is O=C(NC1CCC(C(=O)O)CC1)c1nn(-c2ccc(F)c(F)c2)c2c1CCC2. The average molecular weight is 389 g/mol. The molecule has 0 saturated heterocycles. The van der Waals surface area contributed by atoms with Gasteiger partial charge in [-0.1, -0.05) is 0 Å². The van der Waals surface area contributed by atoms with Crippen LogP contribution in [0.25, 0.3) is 5.69 Å². The molecular weight excluding hydrogens is 368 g/mol. The highest BCUT2D eigenvalue weighted by molar-refractivity contribution is 5.94. The molecule has 4 rings (SSSR count). The summed E-state index contributed by atoms with van der Waals surface area (Å²) in [7, 11) is 0. The van der Waals surface area contributed by atoms with Gasteiger partial charge in [0.25, 0.3) is 5.91 Å². The van der Waals surface area contributed by atoms with Crippen molar-refractivity contribution in [1.82, 2.24) is 15.1 Å². The van der Waals surface area contributed by atoms with Crippen LogP contribution < -0.4 is 5.32 Å². The fourth-order valence-corrected chi connectivity index (χ4v) is 4.19. The Balaban J connectivity index is 1.55. The normalized spacial score (nSPS) is 21.4. The van der Waals surface area contributed by atoms with Crippen molar-refractivity contribution in [1.29, 1.82) is 0 Å². The third-order valence-electron chi connectivity index (χ3n) is 5.70. The number of carboxylic acids is 1. The number of halogens is 2. The fraction of sp³-hybridized carbons (Fsp3) is 0.450. The maximum atomic E-state index is 13.6. The molecule has 1 heterocycles. The van der Waals surface area contributed by atoms with Gasteiger partial charge in [0.15, 0.2) is 17.3 Å². The first kappa shape index (κ1) is 18.6. The summed E-state index contributed by atoms with van der Waals surface area (Å²) in [4.78, 5) is 23.9. The van der Waals surface area contributed by atoms with Gasteiger partial charge in [0, 0.05) is 23.4 Å². The number of carbonyl (C=O) groups excluding carboxylic acids is 1. The van der Waals surface area contributed by atoms with Crippen molar-refractivity contribution >= 4 is 11.9 Å². The molecule has 2 aliphatic rings. The van der Waals surface area contributed by atoms with Gasteiger partial charge in [0.05, 0.1) is 11.6 Å². The second-order valence-corrected chi connectivity index (χ2v) is 7.50. The van der Waals surface area contributed by atoms with Crippen molar-refractivity contribution in [2.24, 2.45) is 5.92 Å². The molecule has 0 unspecified atom stereocenters. The Kier molecular flexibility index (Phi) is 4.87. The molecule has 0 spiro atoms. The van der Waals surface area contributed by atoms with Crippen LogP contribution in [0.3, 0.4) is 0 Å². The molecule has 0 bridgehead atoms. The molecule has 8 heteroatoms. The summed E-state index contributed by atoms with van der Waals surface area (Å²) < 4.78 is 28.4. The van der Waals surface area contributed by atoms with E-state index in [1.807, 2.05) is 0 Å². The first-order valence-electron chi connectivity index (χ1n) is 9.54. The molecular formula is C20H21F2N3O3. The standard InChI is InChI=1S/C20H21F2N3O3/c21-15-9-8-13(10-16(15)22)25-17-3-1-2-14(17)18(24-25)19(26)23-12-6-4-11(5-7-12)20(27)28/h8-12H,1-7H2,(H,23,26)(H,27,28). The molecule has 0 atom stereocenters. The van der Waals surface area contributed by atoms with Crippen molar-refractivity contribution in [2.75, 3.05) is 0 Å². The van der Waals surface area contributed by atoms with Crippen LogP contribution in [0.5, 0.6) is 0 Å². The fourth-order valence-electron chi connectivity index (χ4n) is 4.19. The van der Waals surface area contributed by atoms with Crippen molar-refractivity contribution in [2.45, 2.75) is 51.0 Å². The van der Waals surface area contributed by atoms with Gasteiger partial charge in [0.1, 0.15) is 0 Å². The van der Waals surface area contributed by atoms with E-state index in [1.54, 1.807) is 0 Å². The first-order chi connectivity index (χ1) is 13.4. The summed E-state index contributed by atoms with van der Waals surface area (Å²) in [6.45, 7) is 0. The zero-order chi connectivity index (χ0) is 19.8. The molecule has 2 aliphatic carbocycles. The van der Waals surface area contributed by atoms with Gasteiger partial charge in [0.2, 0.25) is 0 Å². The average Bonchev–Trinajstić information content (AvgIpc) is 3.27. The molecule has 1 aromatic carbocycles. The Morgan fingerprint density at radius 1 is 1.11 bits per heavy atom. The van der Waals surface area contributed by atoms with E-state index >= 15 is 0 Å². The minimum Gasteiger partial charge on any atom is -0.481 e. The Morgan fingerprint density at radius 3 is 2.54 bits per heavy atom. The Hall–Kier alpha value is -2.77. The second-order valence-electron chi connectivity index (χ2n) is 7.50. The molecule has 6 nitrogen and oxygen atoms in total. The first-order valence-corrected chi connectivity index (χ1v) is 9.54. The molecule has 2 N–H and O–H groups in total. The number of nitrogens with one attached hydrogen (secondary N) is 1. The van der Waals surface area contributed by atoms with E-state index in [-0.39, 0.29) is 17.9 Å². The summed E-state index contributed by atoms with van der Waals surface area (Å²) in [6.07, 6.45) is 4.64. The highest BCUT2D eigenvalue weighted by Gasteiger charge is 2.30. The van der Waals surface area contributed by atoms with Crippen molar-refractivity contribution in [3.05, 3.63) is 46.8 Å². The van der Waals surface area contributed by atoms with Crippen LogP contribution in [-0.4, -0.2) is 32.8 Å². The maximum absolute atomic E-state index is 13.6. The molecule has 0 aliphatic heterocycles. The number of hydrogen-bond acceptors (Lipinski definition) is 3. The summed E-state index contributed by atoms with van der Waals surface area (Å²) in [5.74, 6) is -3.31. The number of carboxylic acid groups (broad SMARTS) is 1. The molecule has 0 radical (unpaired) electrons. The molecule has 2 aromatic rings. The zero-order valence-corrected chi connectivity index (χ0v) is 15.3. The lowest BCUT2D eigenvalue weighted by atomic mass is 9.86. The van der Waals surface area contributed by atoms with E-state index in [0.717, 1.165) is 36.2 Å². The third kappa shape index (κ3) is 3.39. The van der Waals surface area contributed by atoms with E-state index in [9.17, 15) is 18.4 Å². The Morgan fingerprint density at radius 2 is 1.86 bits per heavy atom. The molecule has 1 saturated carbocycles. The number of hydrogen-bond donors (Lipinski definition) is 2. The number of amides is 1. The van der Waals surface area contributed by atoms with Gasteiger partial charge in [-0.2, -0.15) is 5.10 Å². The van der Waals surface area contributed by atoms with Crippen LogP contribution in [0.4, 0.5) is 8.78 Å². The number of nitrogens with zero attached hydrogens (tertiary/aromatic N) is 2. The van der Waals surface area contributed by atoms with Crippen LogP contribution in [0.15, 0.2) is 18.2 Å². The summed E-state index contributed by atoms with van der Waals surface area (Å²) in [5, 5.41) is 16.5. The molecule has 1 aromatic heterocycles. The maximum Gasteiger partial charge on any atom is 0.306 e. The van der Waals surface area contributed by atoms with Crippen LogP contribution >= 0.6 is 0 Å². The topological polar surface area (TPSA) is 84.2 Å². The molecule has 28 heavy (non-hydrogen) atoms. The summed E-state index contributed by atoms with van der Waals surface area (Å²) in [6, 6.07) is 3.50. The largest absolute Gasteiger partial charge is 0.481 e. The lowest BCUT2D eigenvalue weighted by Crippen LogP contribution is -2.39. The van der Waals surface area contributed by atoms with E-state index in [2.05, 4.69) is 10.4 Å². The van der Waals surface area contributed by atoms with Crippen molar-refractivity contribution < 1.29 is 23.5 Å². The van der Waals surface area contributed by atoms with Crippen LogP contribution in [0, 0.1) is 17.6 Å². The third-order valence-corrected chi connectivity index (χ3v) is 5.70. The zero-order valence-electron chi connectivity index (χ0n) is 15.3. The monoisotopic (exact) mass is 389 g/mol. The highest BCUT2D eigenvalue weighted by Crippen LogP contribution is 2.29. The van der Waals surface area contributed by atoms with Gasteiger partial charge in [-0.25, -0.2) is 13.5 Å². The Labute approximate surface area is 160 Å². The minimum absolute atomic E-state index is 0.0754. The van der Waals surface area contributed by atoms with E-state index in [0.29, 0.717) is 43.5 Å². The second kappa shape index (κ2) is 7.33. The molecule has 148 valence electrons. The van der Waals surface area contributed by atoms with Crippen LogP contribution in [0.1, 0.15) is 53.8 Å². The van der Waals surface area contributed by atoms with Gasteiger partial charge >= 0.3 is 5.97 Å². The summed E-state index contributed by atoms with van der Waals surface area (Å²) in [5.41, 5.74) is 2.41. The number of fused-ring (bicyclic) bond motifs is 1. The Bertz CT molecular complexity index is 933. The van der Waals surface area contributed by atoms with Gasteiger partial charge in [-0.3, -0.25) is 9.59 Å². The van der Waals surface area contributed by atoms with E-state index in [1.165, 1.54) is 10.7 Å². The molecule has 1 amide bonds. The lowest BCUT2D eigenvalue weighted by Gasteiger charge is -2.26. The smallest absolute Gasteiger partial charge is 0.306 e. The predicted octanol–water partition coefficient (Wildman–Crippen LogP) is 3.01. The molecule has 1 fully saturated rings. The van der Waals surface area contributed by atoms with Crippen LogP contribution in [-0.2, 0) is 17.6 Å². The quantitative estimate of drug-likeness (QED) is 0.842. The number of carbonyl (C=O) groups is 2. The summed E-state index contributed by atoms with van der Waals surface area (Å²) >= 11 is 0. The highest BCUT2D eigenvalue weighted by atomic mass is 19.2. The number of aromatic nitrogens is 2. The van der Waals surface area contributed by atoms with E-state index in [4.69, 9.17) is 5.11 Å². The van der Waals surface area contributed by atoms with Crippen molar-refractivity contribution in [3.63, 3.8) is 0 Å². The van der Waals surface area contributed by atoms with Gasteiger partial charge in [-0.15, -0.1) is 0 Å². The lowest BCUT2D eigenvalue weighted by molar-refractivity contribution is -0.142. The van der Waals surface area contributed by atoms with Crippen LogP contribution in [0.2, 0.25) is 0 Å². The van der Waals surface area contributed by atoms with Gasteiger partial charge < -0.3 is 10.4 Å².